The quantitative estimate of drug-likeness (QED) is 0.0261. The average Bonchev–Trinajstić information content (AvgIpc) is 3.48. The van der Waals surface area contributed by atoms with Crippen LogP contribution in [0.1, 0.15) is 258 Å². The van der Waals surface area contributed by atoms with Crippen LogP contribution in [0.15, 0.2) is 182 Å². The molecule has 0 aliphatic carbocycles. The van der Waals surface area contributed by atoms with Crippen LogP contribution in [0, 0.1) is 0 Å². The van der Waals surface area contributed by atoms with E-state index in [4.69, 9.17) is 14.2 Å². The van der Waals surface area contributed by atoms with Crippen molar-refractivity contribution in [2.75, 3.05) is 13.2 Å². The van der Waals surface area contributed by atoms with Crippen LogP contribution in [0.25, 0.3) is 0 Å². The van der Waals surface area contributed by atoms with Gasteiger partial charge >= 0.3 is 17.9 Å². The third-order valence-corrected chi connectivity index (χ3v) is 13.2. The third kappa shape index (κ3) is 65.3. The van der Waals surface area contributed by atoms with E-state index in [1.54, 1.807) is 0 Å². The lowest BCUT2D eigenvalue weighted by atomic mass is 10.1. The van der Waals surface area contributed by atoms with Crippen molar-refractivity contribution < 1.29 is 28.6 Å². The molecule has 6 nitrogen and oxygen atoms in total. The number of esters is 3. The first-order chi connectivity index (χ1) is 40.5. The number of carbonyl (C=O) groups is 3. The summed E-state index contributed by atoms with van der Waals surface area (Å²) in [6, 6.07) is 0. The van der Waals surface area contributed by atoms with Crippen LogP contribution < -0.4 is 0 Å². The van der Waals surface area contributed by atoms with Crippen LogP contribution in [-0.2, 0) is 28.6 Å². The maximum atomic E-state index is 12.9. The van der Waals surface area contributed by atoms with Gasteiger partial charge in [0.1, 0.15) is 13.2 Å². The second-order valence-corrected chi connectivity index (χ2v) is 20.9. The predicted molar refractivity (Wildman–Crippen MR) is 357 cm³/mol. The van der Waals surface area contributed by atoms with Gasteiger partial charge < -0.3 is 14.2 Å². The van der Waals surface area contributed by atoms with E-state index < -0.39 is 6.10 Å². The van der Waals surface area contributed by atoms with Crippen molar-refractivity contribution in [1.82, 2.24) is 0 Å². The average molecular weight is 1130 g/mol. The van der Waals surface area contributed by atoms with Gasteiger partial charge in [0.15, 0.2) is 6.10 Å². The van der Waals surface area contributed by atoms with Crippen LogP contribution in [-0.4, -0.2) is 37.2 Å². The summed E-state index contributed by atoms with van der Waals surface area (Å²) in [5.74, 6) is -0.980. The maximum absolute atomic E-state index is 12.9. The van der Waals surface area contributed by atoms with Gasteiger partial charge in [-0.3, -0.25) is 14.4 Å². The Morgan fingerprint density at radius 2 is 0.476 bits per heavy atom. The van der Waals surface area contributed by atoms with Crippen molar-refractivity contribution in [3.63, 3.8) is 0 Å². The fraction of sp³-hybridized carbons (Fsp3) is 0.566. The first kappa shape index (κ1) is 76.5. The molecule has 0 radical (unpaired) electrons. The summed E-state index contributed by atoms with van der Waals surface area (Å²) in [5, 5.41) is 0. The molecule has 6 heteroatoms. The van der Waals surface area contributed by atoms with E-state index in [2.05, 4.69) is 203 Å². The monoisotopic (exact) mass is 1130 g/mol. The Balaban J connectivity index is 4.40. The summed E-state index contributed by atoms with van der Waals surface area (Å²) in [6.07, 6.45) is 102. The first-order valence-corrected chi connectivity index (χ1v) is 32.8. The summed E-state index contributed by atoms with van der Waals surface area (Å²) in [5.41, 5.74) is 0. The minimum Gasteiger partial charge on any atom is -0.462 e. The van der Waals surface area contributed by atoms with Gasteiger partial charge in [0.2, 0.25) is 0 Å². The Morgan fingerprint density at radius 3 is 0.768 bits per heavy atom. The molecule has 1 atom stereocenters. The first-order valence-electron chi connectivity index (χ1n) is 32.8. The molecule has 0 saturated carbocycles. The van der Waals surface area contributed by atoms with Crippen molar-refractivity contribution in [1.29, 1.82) is 0 Å². The fourth-order valence-electron chi connectivity index (χ4n) is 8.32. The summed E-state index contributed by atoms with van der Waals surface area (Å²) < 4.78 is 16.8. The SMILES string of the molecule is CC/C=C\C/C=C\C/C=C\C/C=C\C/C=C\C/C=C\C/C=C\C/C=C\C/C=C\C/C=C\CCCCC(=O)OCC(COC(=O)CCCCCCCCCCCC)OC(=O)CCCCCCC/C=C\C/C=C\C/C=C\C/C=C\C/C=C\CC. The molecule has 0 aliphatic heterocycles. The highest BCUT2D eigenvalue weighted by Crippen LogP contribution is 2.14. The molecule has 0 aromatic rings. The molecule has 0 aromatic carbocycles. The Morgan fingerprint density at radius 1 is 0.256 bits per heavy atom. The van der Waals surface area contributed by atoms with Crippen molar-refractivity contribution >= 4 is 17.9 Å². The number of ether oxygens (including phenoxy) is 3. The fourth-order valence-corrected chi connectivity index (χ4v) is 8.32. The standard InChI is InChI=1S/C76H118O6/c1-4-7-10-13-16-19-22-24-26-28-30-32-33-34-35-36-37-38-39-40-41-42-43-45-46-48-50-52-54-57-60-63-66-69-75(78)81-72-73(71-80-74(77)68-65-62-59-56-21-18-15-12-9-6-3)82-76(79)70-67-64-61-58-55-53-51-49-47-44-31-29-27-25-23-20-17-14-11-8-5-2/h7-8,10-11,16-17,19-20,24-27,30-32,34-35,37-38,40-41,43-45,48-51,54,57,73H,4-6,9,12-15,18,21-23,28-29,33,36,39,42,46-47,52-53,55-56,58-72H2,1-3H3/b10-7-,11-8-,19-16-,20-17-,26-24-,27-25-,32-30-,35-34-,38-37-,41-40-,44-31-,45-43-,50-48-,51-49-,57-54-. The topological polar surface area (TPSA) is 78.9 Å². The minimum atomic E-state index is -0.815. The normalized spacial score (nSPS) is 13.4. The van der Waals surface area contributed by atoms with Crippen molar-refractivity contribution in [3.8, 4) is 0 Å². The lowest BCUT2D eigenvalue weighted by Gasteiger charge is -2.18. The molecule has 0 aromatic heterocycles. The van der Waals surface area contributed by atoms with Gasteiger partial charge in [0.25, 0.3) is 0 Å². The summed E-state index contributed by atoms with van der Waals surface area (Å²) in [6.45, 7) is 6.34. The Hall–Kier alpha value is -5.49. The second kappa shape index (κ2) is 68.0. The van der Waals surface area contributed by atoms with Crippen LogP contribution in [0.5, 0.6) is 0 Å². The van der Waals surface area contributed by atoms with Gasteiger partial charge in [0, 0.05) is 19.3 Å². The van der Waals surface area contributed by atoms with Crippen LogP contribution >= 0.6 is 0 Å². The minimum absolute atomic E-state index is 0.107. The van der Waals surface area contributed by atoms with Crippen LogP contribution in [0.3, 0.4) is 0 Å². The van der Waals surface area contributed by atoms with Gasteiger partial charge in [-0.25, -0.2) is 0 Å². The summed E-state index contributed by atoms with van der Waals surface area (Å²) >= 11 is 0. The number of rotatable bonds is 57. The highest BCUT2D eigenvalue weighted by molar-refractivity contribution is 5.71. The molecule has 0 fully saturated rings. The molecule has 0 N–H and O–H groups in total. The number of allylic oxidation sites excluding steroid dienone is 30. The number of unbranched alkanes of at least 4 members (excludes halogenated alkanes) is 16. The van der Waals surface area contributed by atoms with Gasteiger partial charge in [0.05, 0.1) is 0 Å². The second-order valence-electron chi connectivity index (χ2n) is 20.9. The summed E-state index contributed by atoms with van der Waals surface area (Å²) in [4.78, 5) is 38.2. The van der Waals surface area contributed by atoms with E-state index in [9.17, 15) is 14.4 Å². The molecule has 0 amide bonds. The Labute approximate surface area is 504 Å². The molecule has 0 aliphatic rings. The van der Waals surface area contributed by atoms with Crippen LogP contribution in [0.4, 0.5) is 0 Å². The number of hydrogen-bond donors (Lipinski definition) is 0. The number of hydrogen-bond acceptors (Lipinski definition) is 6. The van der Waals surface area contributed by atoms with Gasteiger partial charge in [-0.05, 0) is 141 Å². The van der Waals surface area contributed by atoms with Crippen molar-refractivity contribution in [2.24, 2.45) is 0 Å². The molecule has 82 heavy (non-hydrogen) atoms. The van der Waals surface area contributed by atoms with E-state index in [0.29, 0.717) is 12.8 Å². The molecular formula is C76H118O6. The van der Waals surface area contributed by atoms with E-state index in [-0.39, 0.29) is 44.0 Å². The van der Waals surface area contributed by atoms with Crippen LogP contribution in [0.2, 0.25) is 0 Å². The van der Waals surface area contributed by atoms with E-state index >= 15 is 0 Å². The summed E-state index contributed by atoms with van der Waals surface area (Å²) in [7, 11) is 0. The largest absolute Gasteiger partial charge is 0.462 e. The van der Waals surface area contributed by atoms with Crippen molar-refractivity contribution in [3.05, 3.63) is 182 Å². The molecule has 1 unspecified atom stereocenters. The highest BCUT2D eigenvalue weighted by Gasteiger charge is 2.19. The zero-order valence-corrected chi connectivity index (χ0v) is 52.4. The molecule has 0 heterocycles. The zero-order valence-electron chi connectivity index (χ0n) is 52.4. The zero-order chi connectivity index (χ0) is 59.2. The van der Waals surface area contributed by atoms with Crippen molar-refractivity contribution in [2.45, 2.75) is 264 Å². The van der Waals surface area contributed by atoms with E-state index in [1.807, 2.05) is 0 Å². The Kier molecular flexibility index (Phi) is 63.5. The third-order valence-electron chi connectivity index (χ3n) is 13.2. The molecule has 0 bridgehead atoms. The molecule has 0 rings (SSSR count). The lowest BCUT2D eigenvalue weighted by Crippen LogP contribution is -2.30. The van der Waals surface area contributed by atoms with Gasteiger partial charge in [-0.2, -0.15) is 0 Å². The number of carbonyl (C=O) groups excluding carboxylic acids is 3. The lowest BCUT2D eigenvalue weighted by molar-refractivity contribution is -0.167. The Bertz CT molecular complexity index is 1920. The molecule has 0 spiro atoms. The highest BCUT2D eigenvalue weighted by atomic mass is 16.6. The molecular weight excluding hydrogens is 1010 g/mol. The van der Waals surface area contributed by atoms with Gasteiger partial charge in [-0.1, -0.05) is 280 Å². The maximum Gasteiger partial charge on any atom is 0.306 e. The van der Waals surface area contributed by atoms with E-state index in [1.165, 1.54) is 44.9 Å². The molecule has 458 valence electrons. The van der Waals surface area contributed by atoms with E-state index in [0.717, 1.165) is 167 Å². The van der Waals surface area contributed by atoms with Gasteiger partial charge in [-0.15, -0.1) is 0 Å². The smallest absolute Gasteiger partial charge is 0.306 e. The molecule has 0 saturated heterocycles. The predicted octanol–water partition coefficient (Wildman–Crippen LogP) is 22.8.